The fourth-order valence-electron chi connectivity index (χ4n) is 2.12. The normalized spacial score (nSPS) is 11.5. The van der Waals surface area contributed by atoms with Crippen LogP contribution in [0.3, 0.4) is 0 Å². The van der Waals surface area contributed by atoms with Crippen LogP contribution in [-0.4, -0.2) is 0 Å². The lowest BCUT2D eigenvalue weighted by Gasteiger charge is -2.23. The molecule has 2 rings (SSSR count). The van der Waals surface area contributed by atoms with Crippen molar-refractivity contribution in [1.82, 2.24) is 0 Å². The number of nitrogen functional groups attached to an aromatic ring is 1. The fraction of sp³-hybridized carbons (Fsp3) is 0.294. The summed E-state index contributed by atoms with van der Waals surface area (Å²) in [4.78, 5) is 0. The van der Waals surface area contributed by atoms with Crippen molar-refractivity contribution in [2.24, 2.45) is 0 Å². The molecule has 0 atom stereocenters. The molecule has 0 amide bonds. The Morgan fingerprint density at radius 3 is 2.10 bits per heavy atom. The van der Waals surface area contributed by atoms with Crippen molar-refractivity contribution in [1.29, 1.82) is 0 Å². The van der Waals surface area contributed by atoms with E-state index in [4.69, 9.17) is 10.5 Å². The number of aryl methyl sites for hydroxylation is 1. The molecule has 0 aliphatic carbocycles. The van der Waals surface area contributed by atoms with Gasteiger partial charge in [0.15, 0.2) is 17.4 Å². The van der Waals surface area contributed by atoms with Gasteiger partial charge in [-0.1, -0.05) is 32.9 Å². The van der Waals surface area contributed by atoms with Gasteiger partial charge in [-0.15, -0.1) is 0 Å². The van der Waals surface area contributed by atoms with E-state index in [0.29, 0.717) is 5.75 Å². The van der Waals surface area contributed by atoms with E-state index in [0.717, 1.165) is 23.3 Å². The zero-order valence-electron chi connectivity index (χ0n) is 12.6. The molecule has 2 aromatic carbocycles. The van der Waals surface area contributed by atoms with Gasteiger partial charge < -0.3 is 10.5 Å². The summed E-state index contributed by atoms with van der Waals surface area (Å²) in [7, 11) is 0. The van der Waals surface area contributed by atoms with Gasteiger partial charge in [-0.3, -0.25) is 0 Å². The SMILES string of the molecule is Cc1ccc(C(C)(C)C)c(Oc2c(F)cc(N)cc2F)c1. The summed E-state index contributed by atoms with van der Waals surface area (Å²) in [6.07, 6.45) is 0. The maximum atomic E-state index is 13.9. The van der Waals surface area contributed by atoms with Crippen molar-refractivity contribution in [3.63, 3.8) is 0 Å². The Balaban J connectivity index is 2.52. The lowest BCUT2D eigenvalue weighted by Crippen LogP contribution is -2.13. The van der Waals surface area contributed by atoms with E-state index in [1.165, 1.54) is 0 Å². The number of anilines is 1. The molecular formula is C17H19F2NO. The second-order valence-corrected chi connectivity index (χ2v) is 6.17. The number of rotatable bonds is 2. The molecule has 2 aromatic rings. The average Bonchev–Trinajstić information content (AvgIpc) is 2.32. The topological polar surface area (TPSA) is 35.2 Å². The number of ether oxygens (including phenoxy) is 1. The third-order valence-corrected chi connectivity index (χ3v) is 3.18. The van der Waals surface area contributed by atoms with Crippen molar-refractivity contribution < 1.29 is 13.5 Å². The number of hydrogen-bond acceptors (Lipinski definition) is 2. The maximum Gasteiger partial charge on any atom is 0.198 e. The smallest absolute Gasteiger partial charge is 0.198 e. The highest BCUT2D eigenvalue weighted by atomic mass is 19.1. The van der Waals surface area contributed by atoms with Crippen LogP contribution in [-0.2, 0) is 5.41 Å². The van der Waals surface area contributed by atoms with Gasteiger partial charge in [0, 0.05) is 23.4 Å². The van der Waals surface area contributed by atoms with Crippen LogP contribution in [0, 0.1) is 18.6 Å². The molecule has 0 aliphatic heterocycles. The van der Waals surface area contributed by atoms with Crippen LogP contribution in [0.2, 0.25) is 0 Å². The summed E-state index contributed by atoms with van der Waals surface area (Å²) in [5.74, 6) is -1.60. The third kappa shape index (κ3) is 3.32. The van der Waals surface area contributed by atoms with E-state index in [-0.39, 0.29) is 11.1 Å². The molecule has 0 radical (unpaired) electrons. The van der Waals surface area contributed by atoms with Gasteiger partial charge in [0.25, 0.3) is 0 Å². The van der Waals surface area contributed by atoms with Gasteiger partial charge in [-0.2, -0.15) is 0 Å². The lowest BCUT2D eigenvalue weighted by molar-refractivity contribution is 0.395. The van der Waals surface area contributed by atoms with E-state index in [2.05, 4.69) is 0 Å². The van der Waals surface area contributed by atoms with E-state index >= 15 is 0 Å². The highest BCUT2D eigenvalue weighted by Crippen LogP contribution is 2.37. The molecule has 4 heteroatoms. The van der Waals surface area contributed by atoms with Gasteiger partial charge in [-0.25, -0.2) is 8.78 Å². The van der Waals surface area contributed by atoms with Crippen LogP contribution in [0.15, 0.2) is 30.3 Å². The minimum absolute atomic E-state index is 0.0256. The molecule has 2 N–H and O–H groups in total. The van der Waals surface area contributed by atoms with Crippen molar-refractivity contribution in [3.05, 3.63) is 53.1 Å². The van der Waals surface area contributed by atoms with Crippen LogP contribution >= 0.6 is 0 Å². The van der Waals surface area contributed by atoms with E-state index in [1.807, 2.05) is 39.8 Å². The van der Waals surface area contributed by atoms with Crippen molar-refractivity contribution >= 4 is 5.69 Å². The lowest BCUT2D eigenvalue weighted by atomic mass is 9.86. The van der Waals surface area contributed by atoms with Gasteiger partial charge in [0.1, 0.15) is 5.75 Å². The highest BCUT2D eigenvalue weighted by molar-refractivity contribution is 5.48. The molecule has 0 saturated carbocycles. The highest BCUT2D eigenvalue weighted by Gasteiger charge is 2.21. The monoisotopic (exact) mass is 291 g/mol. The standard InChI is InChI=1S/C17H19F2NO/c1-10-5-6-12(17(2,3)4)15(7-10)21-16-13(18)8-11(20)9-14(16)19/h5-9H,20H2,1-4H3. The summed E-state index contributed by atoms with van der Waals surface area (Å²) >= 11 is 0. The van der Waals surface area contributed by atoms with Crippen molar-refractivity contribution in [3.8, 4) is 11.5 Å². The molecule has 0 aliphatic rings. The molecular weight excluding hydrogens is 272 g/mol. The number of benzene rings is 2. The van der Waals surface area contributed by atoms with Crippen LogP contribution in [0.5, 0.6) is 11.5 Å². The quantitative estimate of drug-likeness (QED) is 0.795. The first kappa shape index (κ1) is 15.3. The first-order chi connectivity index (χ1) is 9.68. The summed E-state index contributed by atoms with van der Waals surface area (Å²) in [6, 6.07) is 7.73. The minimum Gasteiger partial charge on any atom is -0.451 e. The predicted octanol–water partition coefficient (Wildman–Crippen LogP) is 4.95. The molecule has 0 unspecified atom stereocenters. The minimum atomic E-state index is -0.811. The van der Waals surface area contributed by atoms with Gasteiger partial charge in [-0.05, 0) is 24.0 Å². The maximum absolute atomic E-state index is 13.9. The van der Waals surface area contributed by atoms with Crippen LogP contribution in [0.25, 0.3) is 0 Å². The third-order valence-electron chi connectivity index (χ3n) is 3.18. The molecule has 0 aromatic heterocycles. The summed E-state index contributed by atoms with van der Waals surface area (Å²) in [5.41, 5.74) is 7.06. The molecule has 0 spiro atoms. The van der Waals surface area contributed by atoms with E-state index in [1.54, 1.807) is 6.07 Å². The largest absolute Gasteiger partial charge is 0.451 e. The van der Waals surface area contributed by atoms with E-state index in [9.17, 15) is 8.78 Å². The predicted molar refractivity (Wildman–Crippen MR) is 80.7 cm³/mol. The Morgan fingerprint density at radius 1 is 1.00 bits per heavy atom. The average molecular weight is 291 g/mol. The van der Waals surface area contributed by atoms with Gasteiger partial charge in [0.05, 0.1) is 0 Å². The number of nitrogens with two attached hydrogens (primary N) is 1. The Kier molecular flexibility index (Phi) is 3.90. The Labute approximate surface area is 123 Å². The second kappa shape index (κ2) is 5.35. The fourth-order valence-corrected chi connectivity index (χ4v) is 2.12. The Morgan fingerprint density at radius 2 is 1.57 bits per heavy atom. The van der Waals surface area contributed by atoms with Crippen LogP contribution in [0.4, 0.5) is 14.5 Å². The number of hydrogen-bond donors (Lipinski definition) is 1. The molecule has 0 bridgehead atoms. The van der Waals surface area contributed by atoms with Crippen LogP contribution in [0.1, 0.15) is 31.9 Å². The zero-order valence-corrected chi connectivity index (χ0v) is 12.6. The molecule has 0 fully saturated rings. The Bertz CT molecular complexity index is 652. The first-order valence-corrected chi connectivity index (χ1v) is 6.72. The van der Waals surface area contributed by atoms with Crippen LogP contribution < -0.4 is 10.5 Å². The first-order valence-electron chi connectivity index (χ1n) is 6.72. The number of halogens is 2. The summed E-state index contributed by atoms with van der Waals surface area (Å²) in [5, 5.41) is 0. The molecule has 2 nitrogen and oxygen atoms in total. The van der Waals surface area contributed by atoms with Gasteiger partial charge >= 0.3 is 0 Å². The van der Waals surface area contributed by atoms with E-state index < -0.39 is 17.4 Å². The second-order valence-electron chi connectivity index (χ2n) is 6.17. The summed E-state index contributed by atoms with van der Waals surface area (Å²) < 4.78 is 33.3. The Hall–Kier alpha value is -2.10. The van der Waals surface area contributed by atoms with Crippen molar-refractivity contribution in [2.45, 2.75) is 33.1 Å². The van der Waals surface area contributed by atoms with Gasteiger partial charge in [0.2, 0.25) is 0 Å². The summed E-state index contributed by atoms with van der Waals surface area (Å²) in [6.45, 7) is 7.94. The molecule has 21 heavy (non-hydrogen) atoms. The zero-order chi connectivity index (χ0) is 15.8. The molecule has 112 valence electrons. The molecule has 0 heterocycles. The van der Waals surface area contributed by atoms with Crippen molar-refractivity contribution in [2.75, 3.05) is 5.73 Å². The molecule has 0 saturated heterocycles.